The molecule has 0 aliphatic heterocycles. The van der Waals surface area contributed by atoms with Crippen LogP contribution in [0.15, 0.2) is 35.5 Å². The number of aliphatic hydroxyl groups is 1. The van der Waals surface area contributed by atoms with Crippen molar-refractivity contribution in [3.8, 4) is 11.3 Å². The molecule has 1 aliphatic carbocycles. The number of halogens is 2. The minimum absolute atomic E-state index is 0.0896. The second-order valence-electron chi connectivity index (χ2n) is 7.06. The van der Waals surface area contributed by atoms with Crippen molar-refractivity contribution in [1.82, 2.24) is 9.97 Å². The van der Waals surface area contributed by atoms with Crippen LogP contribution in [0.3, 0.4) is 0 Å². The van der Waals surface area contributed by atoms with Crippen LogP contribution < -0.4 is 5.73 Å². The maximum absolute atomic E-state index is 12.8. The van der Waals surface area contributed by atoms with E-state index in [-0.39, 0.29) is 12.8 Å². The summed E-state index contributed by atoms with van der Waals surface area (Å²) in [6, 6.07) is 7.52. The van der Waals surface area contributed by atoms with E-state index in [2.05, 4.69) is 15.0 Å². The molecule has 1 aliphatic rings. The number of aliphatic imine (C=N–C) groups is 1. The van der Waals surface area contributed by atoms with Crippen molar-refractivity contribution >= 4 is 33.6 Å². The van der Waals surface area contributed by atoms with Gasteiger partial charge >= 0.3 is 0 Å². The zero-order valence-electron chi connectivity index (χ0n) is 15.3. The highest BCUT2D eigenvalue weighted by atomic mass is 32.1. The van der Waals surface area contributed by atoms with Gasteiger partial charge in [0, 0.05) is 46.3 Å². The van der Waals surface area contributed by atoms with E-state index in [0.29, 0.717) is 17.2 Å². The first-order chi connectivity index (χ1) is 13.4. The average molecular weight is 402 g/mol. The Morgan fingerprint density at radius 3 is 2.89 bits per heavy atom. The number of nitrogens with zero attached hydrogens (tertiary/aromatic N) is 3. The minimum Gasteiger partial charge on any atom is -0.384 e. The van der Waals surface area contributed by atoms with Crippen LogP contribution in [0, 0.1) is 5.92 Å². The first-order valence-electron chi connectivity index (χ1n) is 9.07. The van der Waals surface area contributed by atoms with E-state index < -0.39 is 17.9 Å². The van der Waals surface area contributed by atoms with Gasteiger partial charge in [-0.15, -0.1) is 11.3 Å². The number of anilines is 1. The largest absolute Gasteiger partial charge is 0.384 e. The Kier molecular flexibility index (Phi) is 4.84. The summed E-state index contributed by atoms with van der Waals surface area (Å²) in [5.74, 6) is -0.330. The number of aromatic nitrogens is 2. The summed E-state index contributed by atoms with van der Waals surface area (Å²) in [4.78, 5) is 14.5. The number of alkyl halides is 2. The van der Waals surface area contributed by atoms with Crippen molar-refractivity contribution in [2.75, 3.05) is 12.3 Å². The number of thiophene rings is 1. The first kappa shape index (κ1) is 18.9. The predicted molar refractivity (Wildman–Crippen MR) is 108 cm³/mol. The number of hydrogen-bond acceptors (Lipinski definition) is 6. The Labute approximate surface area is 165 Å². The van der Waals surface area contributed by atoms with E-state index in [1.807, 2.05) is 31.2 Å². The molecule has 0 bridgehead atoms. The van der Waals surface area contributed by atoms with Gasteiger partial charge in [0.2, 0.25) is 6.43 Å². The van der Waals surface area contributed by atoms with Crippen LogP contribution in [0.1, 0.15) is 30.2 Å². The normalized spacial score (nSPS) is 22.2. The SMILES string of the molecule is CCN=Cc1cc(-c2ccc3cc(C4(O)CC(C(F)F)C4)sc3n2)cnc1N. The van der Waals surface area contributed by atoms with Gasteiger partial charge in [0.1, 0.15) is 10.6 Å². The topological polar surface area (TPSA) is 84.4 Å². The Bertz CT molecular complexity index is 1040. The molecule has 0 radical (unpaired) electrons. The van der Waals surface area contributed by atoms with Crippen molar-refractivity contribution in [2.24, 2.45) is 10.9 Å². The molecule has 146 valence electrons. The van der Waals surface area contributed by atoms with Crippen molar-refractivity contribution < 1.29 is 13.9 Å². The van der Waals surface area contributed by atoms with E-state index in [4.69, 9.17) is 5.73 Å². The zero-order chi connectivity index (χ0) is 19.9. The van der Waals surface area contributed by atoms with Gasteiger partial charge in [0.15, 0.2) is 0 Å². The van der Waals surface area contributed by atoms with E-state index in [1.165, 1.54) is 11.3 Å². The minimum atomic E-state index is -2.39. The molecular weight excluding hydrogens is 382 g/mol. The smallest absolute Gasteiger partial charge is 0.241 e. The summed E-state index contributed by atoms with van der Waals surface area (Å²) in [6.45, 7) is 2.59. The molecule has 4 rings (SSSR count). The third kappa shape index (κ3) is 3.38. The Hall–Kier alpha value is -2.45. The summed E-state index contributed by atoms with van der Waals surface area (Å²) in [5.41, 5.74) is 7.00. The van der Waals surface area contributed by atoms with Crippen LogP contribution in [0.25, 0.3) is 21.5 Å². The van der Waals surface area contributed by atoms with Crippen molar-refractivity contribution in [3.63, 3.8) is 0 Å². The standard InChI is InChI=1S/C20H20F2N4OS/c1-2-24-9-13-5-12(10-25-18(13)23)15-4-3-11-6-16(28-19(11)26-15)20(27)7-14(8-20)17(21)22/h3-6,9-10,14,17,27H,2,7-8H2,1H3,(H2,23,25). The molecule has 3 aromatic heterocycles. The monoisotopic (exact) mass is 402 g/mol. The number of nitrogen functional groups attached to an aromatic ring is 1. The van der Waals surface area contributed by atoms with Crippen molar-refractivity contribution in [2.45, 2.75) is 31.8 Å². The lowest BCUT2D eigenvalue weighted by Crippen LogP contribution is -2.43. The second kappa shape index (κ2) is 7.18. The van der Waals surface area contributed by atoms with Crippen LogP contribution in [0.5, 0.6) is 0 Å². The highest BCUT2D eigenvalue weighted by molar-refractivity contribution is 7.18. The first-order valence-corrected chi connectivity index (χ1v) is 9.88. The van der Waals surface area contributed by atoms with Crippen molar-refractivity contribution in [3.05, 3.63) is 40.9 Å². The maximum Gasteiger partial charge on any atom is 0.241 e. The zero-order valence-corrected chi connectivity index (χ0v) is 16.1. The number of hydrogen-bond donors (Lipinski definition) is 2. The number of pyridine rings is 2. The Balaban J connectivity index is 1.65. The van der Waals surface area contributed by atoms with Gasteiger partial charge in [-0.05, 0) is 44.0 Å². The van der Waals surface area contributed by atoms with Crippen LogP contribution in [-0.4, -0.2) is 34.3 Å². The molecule has 0 unspecified atom stereocenters. The van der Waals surface area contributed by atoms with Crippen LogP contribution in [0.2, 0.25) is 0 Å². The van der Waals surface area contributed by atoms with E-state index >= 15 is 0 Å². The maximum atomic E-state index is 12.8. The fourth-order valence-electron chi connectivity index (χ4n) is 3.42. The molecule has 0 amide bonds. The highest BCUT2D eigenvalue weighted by Gasteiger charge is 2.48. The van der Waals surface area contributed by atoms with Gasteiger partial charge in [-0.25, -0.2) is 18.7 Å². The molecular formula is C20H20F2N4OS. The number of nitrogens with two attached hydrogens (primary N) is 1. The fourth-order valence-corrected chi connectivity index (χ4v) is 4.56. The summed E-state index contributed by atoms with van der Waals surface area (Å²) >= 11 is 1.35. The van der Waals surface area contributed by atoms with Gasteiger partial charge < -0.3 is 10.8 Å². The molecule has 3 N–H and O–H groups in total. The van der Waals surface area contributed by atoms with E-state index in [1.54, 1.807) is 12.4 Å². The van der Waals surface area contributed by atoms with Crippen molar-refractivity contribution in [1.29, 1.82) is 0 Å². The lowest BCUT2D eigenvalue weighted by Gasteiger charge is -2.42. The van der Waals surface area contributed by atoms with Gasteiger partial charge in [0.25, 0.3) is 0 Å². The molecule has 1 saturated carbocycles. The molecule has 0 spiro atoms. The summed E-state index contributed by atoms with van der Waals surface area (Å²) in [6.07, 6.45) is 1.15. The highest BCUT2D eigenvalue weighted by Crippen LogP contribution is 2.50. The quantitative estimate of drug-likeness (QED) is 0.625. The lowest BCUT2D eigenvalue weighted by molar-refractivity contribution is -0.124. The van der Waals surface area contributed by atoms with Gasteiger partial charge in [-0.1, -0.05) is 0 Å². The summed E-state index contributed by atoms with van der Waals surface area (Å²) in [5, 5.41) is 11.5. The summed E-state index contributed by atoms with van der Waals surface area (Å²) in [7, 11) is 0. The lowest BCUT2D eigenvalue weighted by atomic mass is 9.70. The Morgan fingerprint density at radius 1 is 1.39 bits per heavy atom. The number of rotatable bonds is 5. The van der Waals surface area contributed by atoms with Crippen LogP contribution >= 0.6 is 11.3 Å². The number of fused-ring (bicyclic) bond motifs is 1. The van der Waals surface area contributed by atoms with E-state index in [9.17, 15) is 13.9 Å². The molecule has 0 atom stereocenters. The molecule has 0 saturated heterocycles. The molecule has 1 fully saturated rings. The average Bonchev–Trinajstić information content (AvgIpc) is 3.08. The van der Waals surface area contributed by atoms with Crippen LogP contribution in [0.4, 0.5) is 14.6 Å². The predicted octanol–water partition coefficient (Wildman–Crippen LogP) is 4.24. The molecule has 8 heteroatoms. The third-order valence-electron chi connectivity index (χ3n) is 5.06. The van der Waals surface area contributed by atoms with Crippen LogP contribution in [-0.2, 0) is 5.60 Å². The molecule has 3 heterocycles. The Morgan fingerprint density at radius 2 is 2.18 bits per heavy atom. The third-order valence-corrected chi connectivity index (χ3v) is 6.29. The van der Waals surface area contributed by atoms with Gasteiger partial charge in [0.05, 0.1) is 11.3 Å². The summed E-state index contributed by atoms with van der Waals surface area (Å²) < 4.78 is 25.6. The van der Waals surface area contributed by atoms with Gasteiger partial charge in [-0.3, -0.25) is 4.99 Å². The van der Waals surface area contributed by atoms with E-state index in [0.717, 1.165) is 27.0 Å². The van der Waals surface area contributed by atoms with Gasteiger partial charge in [-0.2, -0.15) is 0 Å². The molecule has 0 aromatic carbocycles. The molecule has 28 heavy (non-hydrogen) atoms. The molecule has 3 aromatic rings. The molecule has 5 nitrogen and oxygen atoms in total. The second-order valence-corrected chi connectivity index (χ2v) is 8.09. The fraction of sp³-hybridized carbons (Fsp3) is 0.350.